The Morgan fingerprint density at radius 3 is 2.54 bits per heavy atom. The van der Waals surface area contributed by atoms with Crippen molar-refractivity contribution in [3.63, 3.8) is 0 Å². The number of carbonyl (C=O) groups excluding carboxylic acids is 1. The maximum absolute atomic E-state index is 14.0. The molecule has 1 N–H and O–H groups in total. The molecule has 136 valence electrons. The van der Waals surface area contributed by atoms with E-state index in [1.807, 2.05) is 30.3 Å². The van der Waals surface area contributed by atoms with Crippen LogP contribution in [0.5, 0.6) is 0 Å². The quantitative estimate of drug-likeness (QED) is 0.579. The summed E-state index contributed by atoms with van der Waals surface area (Å²) in [6.45, 7) is 3.53. The molecule has 0 unspecified atom stereocenters. The monoisotopic (exact) mass is 373 g/mol. The zero-order valence-corrected chi connectivity index (χ0v) is 15.8. The van der Waals surface area contributed by atoms with Crippen LogP contribution in [-0.2, 0) is 16.0 Å². The molecule has 0 atom stereocenters. The van der Waals surface area contributed by atoms with Crippen molar-refractivity contribution < 1.29 is 13.9 Å². The first-order valence-corrected chi connectivity index (χ1v) is 8.92. The van der Waals surface area contributed by atoms with Gasteiger partial charge in [0.15, 0.2) is 0 Å². The summed E-state index contributed by atoms with van der Waals surface area (Å²) in [5.41, 5.74) is 5.14. The Kier molecular flexibility index (Phi) is 5.33. The largest absolute Gasteiger partial charge is 0.469 e. The van der Waals surface area contributed by atoms with Gasteiger partial charge in [-0.2, -0.15) is 0 Å². The van der Waals surface area contributed by atoms with E-state index in [0.29, 0.717) is 35.4 Å². The van der Waals surface area contributed by atoms with Crippen molar-refractivity contribution in [3.05, 3.63) is 57.9 Å². The third-order valence-electron chi connectivity index (χ3n) is 4.63. The van der Waals surface area contributed by atoms with Gasteiger partial charge in [-0.05, 0) is 79.3 Å². The highest BCUT2D eigenvalue weighted by Crippen LogP contribution is 2.34. The van der Waals surface area contributed by atoms with E-state index < -0.39 is 0 Å². The number of aryl methyl sites for hydroxylation is 3. The average molecular weight is 374 g/mol. The van der Waals surface area contributed by atoms with E-state index in [9.17, 15) is 9.18 Å². The molecule has 2 aromatic carbocycles. The van der Waals surface area contributed by atoms with Crippen LogP contribution in [0.1, 0.15) is 29.5 Å². The Morgan fingerprint density at radius 2 is 1.88 bits per heavy atom. The number of methoxy groups -OCH3 is 1. The minimum absolute atomic E-state index is 0.180. The van der Waals surface area contributed by atoms with Crippen LogP contribution < -0.4 is 0 Å². The Hall–Kier alpha value is -2.33. The Labute approximate surface area is 157 Å². The van der Waals surface area contributed by atoms with E-state index in [1.165, 1.54) is 7.11 Å². The number of aromatic nitrogens is 1. The molecule has 5 heteroatoms. The second-order valence-corrected chi connectivity index (χ2v) is 6.96. The van der Waals surface area contributed by atoms with Gasteiger partial charge in [0.25, 0.3) is 0 Å². The summed E-state index contributed by atoms with van der Waals surface area (Å²) >= 11 is 6.19. The van der Waals surface area contributed by atoms with Gasteiger partial charge in [-0.1, -0.05) is 11.6 Å². The van der Waals surface area contributed by atoms with Crippen LogP contribution in [-0.4, -0.2) is 18.1 Å². The summed E-state index contributed by atoms with van der Waals surface area (Å²) in [5, 5.41) is 1.68. The molecular formula is C21H21ClFNO2. The van der Waals surface area contributed by atoms with Crippen molar-refractivity contribution in [2.24, 2.45) is 0 Å². The second-order valence-electron chi connectivity index (χ2n) is 6.52. The fourth-order valence-corrected chi connectivity index (χ4v) is 3.50. The molecule has 3 aromatic rings. The molecule has 0 fully saturated rings. The summed E-state index contributed by atoms with van der Waals surface area (Å²) in [5.74, 6) is -0.405. The number of carbonyl (C=O) groups is 1. The number of hydrogen-bond donors (Lipinski definition) is 1. The van der Waals surface area contributed by atoms with Crippen LogP contribution in [0.2, 0.25) is 5.02 Å². The number of rotatable bonds is 5. The predicted molar refractivity (Wildman–Crippen MR) is 103 cm³/mol. The van der Waals surface area contributed by atoms with Gasteiger partial charge in [-0.3, -0.25) is 4.79 Å². The fraction of sp³-hybridized carbons (Fsp3) is 0.286. The van der Waals surface area contributed by atoms with Gasteiger partial charge >= 0.3 is 5.97 Å². The lowest BCUT2D eigenvalue weighted by Crippen LogP contribution is -2.01. The van der Waals surface area contributed by atoms with Crippen LogP contribution in [0.3, 0.4) is 0 Å². The smallest absolute Gasteiger partial charge is 0.305 e. The fourth-order valence-electron chi connectivity index (χ4n) is 3.33. The molecule has 0 aliphatic rings. The van der Waals surface area contributed by atoms with E-state index in [0.717, 1.165) is 27.7 Å². The number of halogens is 2. The lowest BCUT2D eigenvalue weighted by molar-refractivity contribution is -0.140. The number of nitrogens with one attached hydrogen (secondary N) is 1. The van der Waals surface area contributed by atoms with E-state index in [2.05, 4.69) is 4.98 Å². The van der Waals surface area contributed by atoms with Crippen molar-refractivity contribution >= 4 is 28.5 Å². The Bertz CT molecular complexity index is 955. The molecule has 0 amide bonds. The summed E-state index contributed by atoms with van der Waals surface area (Å²) in [6, 6.07) is 9.39. The Balaban J connectivity index is 2.09. The topological polar surface area (TPSA) is 42.1 Å². The molecule has 0 aliphatic carbocycles. The first kappa shape index (κ1) is 18.5. The van der Waals surface area contributed by atoms with Crippen LogP contribution in [0.25, 0.3) is 22.2 Å². The van der Waals surface area contributed by atoms with Gasteiger partial charge in [-0.15, -0.1) is 0 Å². The molecule has 1 aromatic heterocycles. The third-order valence-corrected chi connectivity index (χ3v) is 4.86. The number of H-pyrrole nitrogens is 1. The minimum atomic E-state index is -0.224. The van der Waals surface area contributed by atoms with Crippen LogP contribution in [0, 0.1) is 19.7 Å². The van der Waals surface area contributed by atoms with Crippen LogP contribution in [0.4, 0.5) is 4.39 Å². The van der Waals surface area contributed by atoms with E-state index in [-0.39, 0.29) is 11.8 Å². The number of aromatic amines is 1. The average Bonchev–Trinajstić information content (AvgIpc) is 2.97. The highest BCUT2D eigenvalue weighted by Gasteiger charge is 2.16. The normalized spacial score (nSPS) is 11.1. The van der Waals surface area contributed by atoms with E-state index in [4.69, 9.17) is 16.3 Å². The SMILES string of the molecule is COC(=O)CCCc1c(-c2cc(C)c(F)c(C)c2)[nH]c2ccc(Cl)cc12. The van der Waals surface area contributed by atoms with Crippen LogP contribution in [0.15, 0.2) is 30.3 Å². The Morgan fingerprint density at radius 1 is 1.19 bits per heavy atom. The molecule has 0 aliphatic heterocycles. The summed E-state index contributed by atoms with van der Waals surface area (Å²) in [4.78, 5) is 14.9. The van der Waals surface area contributed by atoms with Gasteiger partial charge in [0.2, 0.25) is 0 Å². The zero-order valence-electron chi connectivity index (χ0n) is 15.1. The minimum Gasteiger partial charge on any atom is -0.469 e. The first-order valence-electron chi connectivity index (χ1n) is 8.54. The highest BCUT2D eigenvalue weighted by atomic mass is 35.5. The number of esters is 1. The predicted octanol–water partition coefficient (Wildman–Crippen LogP) is 5.74. The maximum atomic E-state index is 14.0. The van der Waals surface area contributed by atoms with Gasteiger partial charge in [0.05, 0.1) is 7.11 Å². The molecule has 1 heterocycles. The van der Waals surface area contributed by atoms with E-state index >= 15 is 0 Å². The molecule has 0 radical (unpaired) electrons. The standard InChI is InChI=1S/C21H21ClFNO2/c1-12-9-14(10-13(2)20(12)23)21-16(5-4-6-19(25)26-3)17-11-15(22)7-8-18(17)24-21/h7-11,24H,4-6H2,1-3H3. The van der Waals surface area contributed by atoms with Gasteiger partial charge < -0.3 is 9.72 Å². The highest BCUT2D eigenvalue weighted by molar-refractivity contribution is 6.31. The molecule has 0 spiro atoms. The second kappa shape index (κ2) is 7.50. The van der Waals surface area contributed by atoms with Crippen molar-refractivity contribution in [1.29, 1.82) is 0 Å². The van der Waals surface area contributed by atoms with Crippen molar-refractivity contribution in [2.75, 3.05) is 7.11 Å². The van der Waals surface area contributed by atoms with Gasteiger partial charge in [0, 0.05) is 28.0 Å². The molecule has 26 heavy (non-hydrogen) atoms. The molecule has 0 saturated heterocycles. The number of fused-ring (bicyclic) bond motifs is 1. The van der Waals surface area contributed by atoms with Crippen molar-refractivity contribution in [3.8, 4) is 11.3 Å². The van der Waals surface area contributed by atoms with Gasteiger partial charge in [0.1, 0.15) is 5.82 Å². The lowest BCUT2D eigenvalue weighted by atomic mass is 9.97. The van der Waals surface area contributed by atoms with E-state index in [1.54, 1.807) is 13.8 Å². The summed E-state index contributed by atoms with van der Waals surface area (Å²) in [7, 11) is 1.39. The molecule has 3 rings (SSSR count). The lowest BCUT2D eigenvalue weighted by Gasteiger charge is -2.09. The molecule has 0 saturated carbocycles. The molecule has 3 nitrogen and oxygen atoms in total. The molecule has 0 bridgehead atoms. The first-order chi connectivity index (χ1) is 12.4. The number of ether oxygens (including phenoxy) is 1. The maximum Gasteiger partial charge on any atom is 0.305 e. The van der Waals surface area contributed by atoms with Crippen LogP contribution >= 0.6 is 11.6 Å². The number of benzene rings is 2. The summed E-state index contributed by atoms with van der Waals surface area (Å²) < 4.78 is 18.8. The van der Waals surface area contributed by atoms with Gasteiger partial charge in [-0.25, -0.2) is 4.39 Å². The molecular weight excluding hydrogens is 353 g/mol. The van der Waals surface area contributed by atoms with Crippen molar-refractivity contribution in [1.82, 2.24) is 4.98 Å². The summed E-state index contributed by atoms with van der Waals surface area (Å²) in [6.07, 6.45) is 1.71. The zero-order chi connectivity index (χ0) is 18.8. The number of hydrogen-bond acceptors (Lipinski definition) is 2. The van der Waals surface area contributed by atoms with Crippen molar-refractivity contribution in [2.45, 2.75) is 33.1 Å². The third kappa shape index (κ3) is 3.61.